The normalized spacial score (nSPS) is 16.8. The number of carbonyl (C=O) groups is 2. The molecule has 1 aliphatic rings. The third kappa shape index (κ3) is 4.48. The number of nitrogens with zero attached hydrogens (tertiary/aromatic N) is 1. The Morgan fingerprint density at radius 2 is 1.58 bits per heavy atom. The molecule has 6 nitrogen and oxygen atoms in total. The van der Waals surface area contributed by atoms with Crippen LogP contribution < -0.4 is 14.4 Å². The first-order valence-corrected chi connectivity index (χ1v) is 12.2. The number of aliphatic hydroxyl groups is 1. The minimum Gasteiger partial charge on any atom is -0.507 e. The second-order valence-electron chi connectivity index (χ2n) is 8.18. The van der Waals surface area contributed by atoms with Crippen LogP contribution in [0.1, 0.15) is 22.0 Å². The van der Waals surface area contributed by atoms with Crippen molar-refractivity contribution in [2.75, 3.05) is 12.0 Å². The monoisotopic (exact) mass is 497 g/mol. The lowest BCUT2D eigenvalue weighted by atomic mass is 9.99. The lowest BCUT2D eigenvalue weighted by Gasteiger charge is -2.24. The summed E-state index contributed by atoms with van der Waals surface area (Å²) >= 11 is 1.42. The minimum atomic E-state index is -0.747. The molecule has 0 radical (unpaired) electrons. The summed E-state index contributed by atoms with van der Waals surface area (Å²) < 4.78 is 11.0. The van der Waals surface area contributed by atoms with Crippen molar-refractivity contribution in [3.05, 3.63) is 118 Å². The maximum absolute atomic E-state index is 13.2. The van der Waals surface area contributed by atoms with E-state index in [1.807, 2.05) is 47.8 Å². The van der Waals surface area contributed by atoms with E-state index < -0.39 is 17.7 Å². The Morgan fingerprint density at radius 3 is 2.22 bits per heavy atom. The van der Waals surface area contributed by atoms with Crippen molar-refractivity contribution in [2.24, 2.45) is 0 Å². The number of aliphatic hydroxyl groups excluding tert-OH is 1. The summed E-state index contributed by atoms with van der Waals surface area (Å²) in [4.78, 5) is 28.6. The van der Waals surface area contributed by atoms with Gasteiger partial charge >= 0.3 is 0 Å². The number of methoxy groups -OCH3 is 1. The van der Waals surface area contributed by atoms with Crippen LogP contribution >= 0.6 is 11.3 Å². The number of thiophene rings is 1. The molecule has 4 aromatic rings. The topological polar surface area (TPSA) is 76.1 Å². The van der Waals surface area contributed by atoms with E-state index in [-0.39, 0.29) is 11.3 Å². The number of benzene rings is 3. The van der Waals surface area contributed by atoms with Gasteiger partial charge in [-0.05, 0) is 65.5 Å². The van der Waals surface area contributed by atoms with Crippen molar-refractivity contribution in [3.8, 4) is 11.5 Å². The van der Waals surface area contributed by atoms with Crippen LogP contribution in [-0.2, 0) is 16.2 Å². The SMILES string of the molecule is COc1ccc(/C(O)=C2/C(=O)C(=O)N(c3ccc(OCc4ccccc4)cc3)C2c2cccs2)cc1. The predicted octanol–water partition coefficient (Wildman–Crippen LogP) is 5.96. The average molecular weight is 498 g/mol. The summed E-state index contributed by atoms with van der Waals surface area (Å²) in [7, 11) is 1.55. The molecule has 1 saturated heterocycles. The van der Waals surface area contributed by atoms with Crippen molar-refractivity contribution in [1.82, 2.24) is 0 Å². The summed E-state index contributed by atoms with van der Waals surface area (Å²) in [5.74, 6) is -0.381. The molecule has 5 rings (SSSR count). The summed E-state index contributed by atoms with van der Waals surface area (Å²) in [6, 6.07) is 26.5. The fraction of sp³-hybridized carbons (Fsp3) is 0.103. The van der Waals surface area contributed by atoms with Crippen LogP contribution in [0.2, 0.25) is 0 Å². The van der Waals surface area contributed by atoms with Gasteiger partial charge in [-0.2, -0.15) is 0 Å². The third-order valence-corrected chi connectivity index (χ3v) is 6.91. The number of ether oxygens (including phenoxy) is 2. The van der Waals surface area contributed by atoms with Crippen molar-refractivity contribution < 1.29 is 24.2 Å². The van der Waals surface area contributed by atoms with E-state index >= 15 is 0 Å². The third-order valence-electron chi connectivity index (χ3n) is 5.98. The van der Waals surface area contributed by atoms with Gasteiger partial charge in [0.25, 0.3) is 11.7 Å². The molecule has 2 heterocycles. The van der Waals surface area contributed by atoms with Crippen LogP contribution in [-0.4, -0.2) is 23.9 Å². The maximum Gasteiger partial charge on any atom is 0.300 e. The van der Waals surface area contributed by atoms with Crippen LogP contribution in [0.4, 0.5) is 5.69 Å². The van der Waals surface area contributed by atoms with E-state index in [2.05, 4.69) is 0 Å². The van der Waals surface area contributed by atoms with Crippen LogP contribution in [0.5, 0.6) is 11.5 Å². The van der Waals surface area contributed by atoms with Crippen molar-refractivity contribution in [2.45, 2.75) is 12.6 Å². The number of hydrogen-bond acceptors (Lipinski definition) is 6. The van der Waals surface area contributed by atoms with Gasteiger partial charge in [0.2, 0.25) is 0 Å². The second kappa shape index (κ2) is 10.1. The van der Waals surface area contributed by atoms with Gasteiger partial charge in [0, 0.05) is 16.1 Å². The van der Waals surface area contributed by atoms with Gasteiger partial charge in [0.15, 0.2) is 0 Å². The van der Waals surface area contributed by atoms with Crippen LogP contribution in [0.25, 0.3) is 5.76 Å². The van der Waals surface area contributed by atoms with Gasteiger partial charge in [0.05, 0.1) is 12.7 Å². The first-order chi connectivity index (χ1) is 17.6. The Balaban J connectivity index is 1.49. The summed E-state index contributed by atoms with van der Waals surface area (Å²) in [5, 5.41) is 13.0. The van der Waals surface area contributed by atoms with E-state index in [0.29, 0.717) is 29.4 Å². The molecule has 3 aromatic carbocycles. The van der Waals surface area contributed by atoms with Crippen LogP contribution in [0.15, 0.2) is 102 Å². The maximum atomic E-state index is 13.2. The van der Waals surface area contributed by atoms with Gasteiger partial charge in [-0.3, -0.25) is 14.5 Å². The highest BCUT2D eigenvalue weighted by Crippen LogP contribution is 2.43. The number of rotatable bonds is 7. The van der Waals surface area contributed by atoms with E-state index in [4.69, 9.17) is 9.47 Å². The highest BCUT2D eigenvalue weighted by atomic mass is 32.1. The largest absolute Gasteiger partial charge is 0.507 e. The van der Waals surface area contributed by atoms with Crippen molar-refractivity contribution in [1.29, 1.82) is 0 Å². The Hall–Kier alpha value is -4.36. The first-order valence-electron chi connectivity index (χ1n) is 11.3. The molecular weight excluding hydrogens is 474 g/mol. The quantitative estimate of drug-likeness (QED) is 0.194. The molecule has 1 atom stereocenters. The van der Waals surface area contributed by atoms with E-state index in [1.54, 1.807) is 55.6 Å². The fourth-order valence-corrected chi connectivity index (χ4v) is 4.99. The van der Waals surface area contributed by atoms with Crippen molar-refractivity contribution in [3.63, 3.8) is 0 Å². The van der Waals surface area contributed by atoms with E-state index in [9.17, 15) is 14.7 Å². The molecule has 1 N–H and O–H groups in total. The Kier molecular flexibility index (Phi) is 6.56. The average Bonchev–Trinajstić information content (AvgIpc) is 3.55. The molecule has 180 valence electrons. The molecule has 1 amide bonds. The molecule has 0 aliphatic carbocycles. The standard InChI is InChI=1S/C29H23NO5S/c1-34-22-13-9-20(10-14-22)27(31)25-26(24-8-5-17-36-24)30(29(33)28(25)32)21-11-15-23(16-12-21)35-18-19-6-3-2-4-7-19/h2-17,26,31H,18H2,1H3/b27-25-. The van der Waals surface area contributed by atoms with Crippen molar-refractivity contribution >= 4 is 34.5 Å². The lowest BCUT2D eigenvalue weighted by Crippen LogP contribution is -2.29. The summed E-state index contributed by atoms with van der Waals surface area (Å²) in [6.45, 7) is 0.418. The molecule has 1 unspecified atom stereocenters. The molecule has 0 spiro atoms. The first kappa shape index (κ1) is 23.4. The van der Waals surface area contributed by atoms with Gasteiger partial charge in [0.1, 0.15) is 29.9 Å². The van der Waals surface area contributed by atoms with Gasteiger partial charge in [-0.1, -0.05) is 36.4 Å². The van der Waals surface area contributed by atoms with E-state index in [1.165, 1.54) is 16.2 Å². The fourth-order valence-electron chi connectivity index (χ4n) is 4.16. The zero-order valence-electron chi connectivity index (χ0n) is 19.5. The Bertz CT molecular complexity index is 1390. The zero-order chi connectivity index (χ0) is 25.1. The smallest absolute Gasteiger partial charge is 0.300 e. The zero-order valence-corrected chi connectivity index (χ0v) is 20.3. The molecular formula is C29H23NO5S. The molecule has 7 heteroatoms. The molecule has 1 aromatic heterocycles. The number of carbonyl (C=O) groups excluding carboxylic acids is 2. The number of ketones is 1. The molecule has 1 aliphatic heterocycles. The van der Waals surface area contributed by atoms with Gasteiger partial charge in [-0.15, -0.1) is 11.3 Å². The Morgan fingerprint density at radius 1 is 0.889 bits per heavy atom. The van der Waals surface area contributed by atoms with Gasteiger partial charge in [-0.25, -0.2) is 0 Å². The molecule has 0 bridgehead atoms. The molecule has 36 heavy (non-hydrogen) atoms. The lowest BCUT2D eigenvalue weighted by molar-refractivity contribution is -0.132. The summed E-state index contributed by atoms with van der Waals surface area (Å²) in [5.41, 5.74) is 2.07. The Labute approximate surface area is 212 Å². The van der Waals surface area contributed by atoms with E-state index in [0.717, 1.165) is 10.4 Å². The number of hydrogen-bond donors (Lipinski definition) is 1. The molecule has 1 fully saturated rings. The number of amides is 1. The number of Topliss-reactive ketones (excluding diaryl/α,β-unsaturated/α-hetero) is 1. The predicted molar refractivity (Wildman–Crippen MR) is 139 cm³/mol. The number of anilines is 1. The summed E-state index contributed by atoms with van der Waals surface area (Å²) in [6.07, 6.45) is 0. The minimum absolute atomic E-state index is 0.0528. The highest BCUT2D eigenvalue weighted by Gasteiger charge is 2.47. The molecule has 0 saturated carbocycles. The van der Waals surface area contributed by atoms with Crippen LogP contribution in [0, 0.1) is 0 Å². The highest BCUT2D eigenvalue weighted by molar-refractivity contribution is 7.10. The second-order valence-corrected chi connectivity index (χ2v) is 9.16. The van der Waals surface area contributed by atoms with Gasteiger partial charge < -0.3 is 14.6 Å². The van der Waals surface area contributed by atoms with Crippen LogP contribution in [0.3, 0.4) is 0 Å².